The molecule has 0 bridgehead atoms. The average molecular weight is 208 g/mol. The van der Waals surface area contributed by atoms with Crippen LogP contribution < -0.4 is 4.74 Å². The van der Waals surface area contributed by atoms with Gasteiger partial charge in [0, 0.05) is 0 Å². The second kappa shape index (κ2) is 3.85. The highest BCUT2D eigenvalue weighted by Crippen LogP contribution is 2.32. The monoisotopic (exact) mass is 208 g/mol. The van der Waals surface area contributed by atoms with Crippen molar-refractivity contribution in [3.63, 3.8) is 0 Å². The Balaban J connectivity index is 2.69. The van der Waals surface area contributed by atoms with E-state index < -0.39 is 6.43 Å². The van der Waals surface area contributed by atoms with E-state index in [9.17, 15) is 8.78 Å². The average Bonchev–Trinajstić information content (AvgIpc) is 2.27. The maximum atomic E-state index is 12.7. The first-order valence-electron chi connectivity index (χ1n) is 4.57. The molecule has 2 rings (SSSR count). The van der Waals surface area contributed by atoms with Gasteiger partial charge >= 0.3 is 0 Å². The van der Waals surface area contributed by atoms with Gasteiger partial charge in [0.2, 0.25) is 0 Å². The van der Waals surface area contributed by atoms with E-state index >= 15 is 0 Å². The van der Waals surface area contributed by atoms with E-state index in [4.69, 9.17) is 4.74 Å². The molecule has 0 aliphatic rings. The standard InChI is InChI=1S/C12H10F2O/c1-15-11-7-9-5-3-2-4-8(9)6-10(11)12(13)14/h2-7,12H,1H3. The minimum atomic E-state index is -2.51. The predicted octanol–water partition coefficient (Wildman–Crippen LogP) is 3.79. The lowest BCUT2D eigenvalue weighted by atomic mass is 10.1. The third kappa shape index (κ3) is 1.77. The van der Waals surface area contributed by atoms with Gasteiger partial charge in [-0.25, -0.2) is 8.78 Å². The van der Waals surface area contributed by atoms with Gasteiger partial charge in [-0.2, -0.15) is 0 Å². The van der Waals surface area contributed by atoms with Crippen molar-refractivity contribution < 1.29 is 13.5 Å². The minimum Gasteiger partial charge on any atom is -0.496 e. The number of rotatable bonds is 2. The molecule has 0 heterocycles. The number of halogens is 2. The summed E-state index contributed by atoms with van der Waals surface area (Å²) in [6, 6.07) is 10.5. The van der Waals surface area contributed by atoms with E-state index in [2.05, 4.69) is 0 Å². The second-order valence-electron chi connectivity index (χ2n) is 3.24. The molecule has 2 aromatic carbocycles. The molecule has 0 spiro atoms. The van der Waals surface area contributed by atoms with Gasteiger partial charge in [-0.05, 0) is 22.9 Å². The largest absolute Gasteiger partial charge is 0.496 e. The Hall–Kier alpha value is -1.64. The Kier molecular flexibility index (Phi) is 2.54. The first kappa shape index (κ1) is 9.90. The fraction of sp³-hybridized carbons (Fsp3) is 0.167. The lowest BCUT2D eigenvalue weighted by Gasteiger charge is -2.09. The summed E-state index contributed by atoms with van der Waals surface area (Å²) in [4.78, 5) is 0. The fourth-order valence-electron chi connectivity index (χ4n) is 1.58. The van der Waals surface area contributed by atoms with Crippen LogP contribution in [0.15, 0.2) is 36.4 Å². The summed E-state index contributed by atoms with van der Waals surface area (Å²) < 4.78 is 30.3. The predicted molar refractivity (Wildman–Crippen MR) is 55.5 cm³/mol. The van der Waals surface area contributed by atoms with Crippen molar-refractivity contribution in [1.82, 2.24) is 0 Å². The van der Waals surface area contributed by atoms with Gasteiger partial charge in [-0.3, -0.25) is 0 Å². The van der Waals surface area contributed by atoms with Gasteiger partial charge in [0.1, 0.15) is 5.75 Å². The van der Waals surface area contributed by atoms with Crippen LogP contribution >= 0.6 is 0 Å². The zero-order chi connectivity index (χ0) is 10.8. The van der Waals surface area contributed by atoms with Gasteiger partial charge in [0.05, 0.1) is 12.7 Å². The van der Waals surface area contributed by atoms with Crippen molar-refractivity contribution in [2.75, 3.05) is 7.11 Å². The molecule has 0 saturated carbocycles. The SMILES string of the molecule is COc1cc2ccccc2cc1C(F)F. The number of ether oxygens (including phenoxy) is 1. The number of hydrogen-bond donors (Lipinski definition) is 0. The Morgan fingerprint density at radius 1 is 1.07 bits per heavy atom. The van der Waals surface area contributed by atoms with Gasteiger partial charge in [0.15, 0.2) is 0 Å². The third-order valence-corrected chi connectivity index (χ3v) is 2.33. The molecule has 15 heavy (non-hydrogen) atoms. The van der Waals surface area contributed by atoms with E-state index in [1.54, 1.807) is 12.1 Å². The van der Waals surface area contributed by atoms with Crippen molar-refractivity contribution in [3.8, 4) is 5.75 Å². The maximum Gasteiger partial charge on any atom is 0.267 e. The summed E-state index contributed by atoms with van der Waals surface area (Å²) in [7, 11) is 1.40. The number of fused-ring (bicyclic) bond motifs is 1. The first-order valence-corrected chi connectivity index (χ1v) is 4.57. The van der Waals surface area contributed by atoms with Crippen molar-refractivity contribution in [2.24, 2.45) is 0 Å². The molecule has 0 atom stereocenters. The highest BCUT2D eigenvalue weighted by molar-refractivity contribution is 5.85. The Morgan fingerprint density at radius 3 is 2.20 bits per heavy atom. The third-order valence-electron chi connectivity index (χ3n) is 2.33. The number of hydrogen-bond acceptors (Lipinski definition) is 1. The van der Waals surface area contributed by atoms with Crippen LogP contribution in [-0.4, -0.2) is 7.11 Å². The summed E-state index contributed by atoms with van der Waals surface area (Å²) in [5.41, 5.74) is -0.0591. The molecular formula is C12H10F2O. The van der Waals surface area contributed by atoms with E-state index in [0.717, 1.165) is 10.8 Å². The number of benzene rings is 2. The van der Waals surface area contributed by atoms with Crippen LogP contribution in [-0.2, 0) is 0 Å². The lowest BCUT2D eigenvalue weighted by Crippen LogP contribution is -1.92. The molecule has 0 fully saturated rings. The summed E-state index contributed by atoms with van der Waals surface area (Å²) >= 11 is 0. The van der Waals surface area contributed by atoms with Gasteiger partial charge < -0.3 is 4.74 Å². The quantitative estimate of drug-likeness (QED) is 0.729. The molecule has 0 aliphatic heterocycles. The molecule has 0 saturated heterocycles. The fourth-order valence-corrected chi connectivity index (χ4v) is 1.58. The van der Waals surface area contributed by atoms with Crippen LogP contribution in [0.2, 0.25) is 0 Å². The Bertz CT molecular complexity index is 480. The number of methoxy groups -OCH3 is 1. The Labute approximate surface area is 86.3 Å². The highest BCUT2D eigenvalue weighted by atomic mass is 19.3. The molecule has 3 heteroatoms. The van der Waals surface area contributed by atoms with Crippen LogP contribution in [0.1, 0.15) is 12.0 Å². The zero-order valence-corrected chi connectivity index (χ0v) is 8.21. The molecule has 2 aromatic rings. The molecule has 0 aromatic heterocycles. The minimum absolute atomic E-state index is 0.0591. The number of alkyl halides is 2. The van der Waals surface area contributed by atoms with Crippen LogP contribution in [0.3, 0.4) is 0 Å². The molecule has 0 amide bonds. The van der Waals surface area contributed by atoms with Gasteiger partial charge in [-0.15, -0.1) is 0 Å². The maximum absolute atomic E-state index is 12.7. The topological polar surface area (TPSA) is 9.23 Å². The van der Waals surface area contributed by atoms with Crippen LogP contribution in [0.25, 0.3) is 10.8 Å². The molecule has 0 radical (unpaired) electrons. The van der Waals surface area contributed by atoms with Crippen molar-refractivity contribution >= 4 is 10.8 Å². The smallest absolute Gasteiger partial charge is 0.267 e. The van der Waals surface area contributed by atoms with Crippen LogP contribution in [0.4, 0.5) is 8.78 Å². The molecule has 1 nitrogen and oxygen atoms in total. The van der Waals surface area contributed by atoms with Crippen molar-refractivity contribution in [1.29, 1.82) is 0 Å². The lowest BCUT2D eigenvalue weighted by molar-refractivity contribution is 0.147. The summed E-state index contributed by atoms with van der Waals surface area (Å²) in [5, 5.41) is 1.70. The molecule has 0 N–H and O–H groups in total. The highest BCUT2D eigenvalue weighted by Gasteiger charge is 2.14. The van der Waals surface area contributed by atoms with E-state index in [0.29, 0.717) is 0 Å². The van der Waals surface area contributed by atoms with E-state index in [-0.39, 0.29) is 11.3 Å². The Morgan fingerprint density at radius 2 is 1.67 bits per heavy atom. The van der Waals surface area contributed by atoms with E-state index in [1.807, 2.05) is 18.2 Å². The zero-order valence-electron chi connectivity index (χ0n) is 8.21. The van der Waals surface area contributed by atoms with Gasteiger partial charge in [0.25, 0.3) is 6.43 Å². The molecule has 0 aliphatic carbocycles. The second-order valence-corrected chi connectivity index (χ2v) is 3.24. The van der Waals surface area contributed by atoms with E-state index in [1.165, 1.54) is 13.2 Å². The molecule has 78 valence electrons. The van der Waals surface area contributed by atoms with Crippen LogP contribution in [0.5, 0.6) is 5.75 Å². The van der Waals surface area contributed by atoms with Crippen molar-refractivity contribution in [2.45, 2.75) is 6.43 Å². The van der Waals surface area contributed by atoms with Crippen LogP contribution in [0, 0.1) is 0 Å². The van der Waals surface area contributed by atoms with Crippen molar-refractivity contribution in [3.05, 3.63) is 42.0 Å². The first-order chi connectivity index (χ1) is 7.22. The normalized spacial score (nSPS) is 10.9. The molecular weight excluding hydrogens is 198 g/mol. The summed E-state index contributed by atoms with van der Waals surface area (Å²) in [6.07, 6.45) is -2.51. The summed E-state index contributed by atoms with van der Waals surface area (Å²) in [5.74, 6) is 0.240. The van der Waals surface area contributed by atoms with Gasteiger partial charge in [-0.1, -0.05) is 24.3 Å². The summed E-state index contributed by atoms with van der Waals surface area (Å²) in [6.45, 7) is 0. The molecule has 0 unspecified atom stereocenters.